The number of nitrogens with zero attached hydrogens (tertiary/aromatic N) is 1. The second-order valence-corrected chi connectivity index (χ2v) is 5.94. The number of amides is 1. The van der Waals surface area contributed by atoms with Gasteiger partial charge in [0, 0.05) is 6.54 Å². The number of likely N-dealkylation sites (tertiary alicyclic amines) is 1. The van der Waals surface area contributed by atoms with Crippen molar-refractivity contribution in [2.75, 3.05) is 31.5 Å². The zero-order valence-electron chi connectivity index (χ0n) is 11.2. The lowest BCUT2D eigenvalue weighted by molar-refractivity contribution is -0.117. The maximum Gasteiger partial charge on any atom is 0.238 e. The van der Waals surface area contributed by atoms with Crippen LogP contribution in [0.3, 0.4) is 0 Å². The predicted octanol–water partition coefficient (Wildman–Crippen LogP) is 2.60. The van der Waals surface area contributed by atoms with Gasteiger partial charge in [-0.3, -0.25) is 9.69 Å². The summed E-state index contributed by atoms with van der Waals surface area (Å²) in [4.78, 5) is 14.2. The molecule has 1 aromatic rings. The van der Waals surface area contributed by atoms with E-state index < -0.39 is 0 Å². The number of rotatable bonds is 4. The Morgan fingerprint density at radius 2 is 2.10 bits per heavy atom. The topological polar surface area (TPSA) is 58.4 Å². The second-order valence-electron chi connectivity index (χ2n) is 5.12. The minimum atomic E-state index is -0.0994. The van der Waals surface area contributed by atoms with Gasteiger partial charge in [0.2, 0.25) is 5.91 Å². The summed E-state index contributed by atoms with van der Waals surface area (Å²) in [5.74, 6) is 0.387. The first kappa shape index (κ1) is 15.6. The maximum atomic E-state index is 12.1. The lowest BCUT2D eigenvalue weighted by Crippen LogP contribution is -2.42. The molecule has 0 spiro atoms. The molecule has 0 radical (unpaired) electrons. The highest BCUT2D eigenvalue weighted by Crippen LogP contribution is 2.29. The molecule has 0 saturated carbocycles. The molecule has 1 amide bonds. The summed E-state index contributed by atoms with van der Waals surface area (Å²) < 4.78 is 0. The number of halogens is 2. The van der Waals surface area contributed by atoms with Gasteiger partial charge >= 0.3 is 0 Å². The number of carbonyl (C=O) groups excluding carboxylic acids is 1. The van der Waals surface area contributed by atoms with Crippen LogP contribution < -0.4 is 11.1 Å². The molecule has 1 aromatic carbocycles. The van der Waals surface area contributed by atoms with Crippen LogP contribution >= 0.6 is 23.2 Å². The molecule has 6 heteroatoms. The standard InChI is InChI=1S/C14H19Cl2N3O/c15-11-4-1-5-12(16)14(11)18-13(20)9-19-6-2-3-10(7-17)8-19/h1,4-5,10H,2-3,6-9,17H2,(H,18,20). The molecule has 1 saturated heterocycles. The molecule has 0 aliphatic carbocycles. The van der Waals surface area contributed by atoms with Crippen LogP contribution in [-0.4, -0.2) is 37.0 Å². The summed E-state index contributed by atoms with van der Waals surface area (Å²) in [6, 6.07) is 5.15. The van der Waals surface area contributed by atoms with E-state index in [9.17, 15) is 4.79 Å². The fraction of sp³-hybridized carbons (Fsp3) is 0.500. The first-order valence-electron chi connectivity index (χ1n) is 6.76. The van der Waals surface area contributed by atoms with Gasteiger partial charge in [0.1, 0.15) is 0 Å². The van der Waals surface area contributed by atoms with Gasteiger partial charge in [-0.15, -0.1) is 0 Å². The van der Waals surface area contributed by atoms with Crippen LogP contribution in [0.5, 0.6) is 0 Å². The monoisotopic (exact) mass is 315 g/mol. The number of anilines is 1. The molecule has 4 nitrogen and oxygen atoms in total. The molecular weight excluding hydrogens is 297 g/mol. The van der Waals surface area contributed by atoms with Crippen LogP contribution in [0.25, 0.3) is 0 Å². The number of benzene rings is 1. The Hall–Kier alpha value is -0.810. The SMILES string of the molecule is NCC1CCCN(CC(=O)Nc2c(Cl)cccc2Cl)C1. The zero-order valence-corrected chi connectivity index (χ0v) is 12.8. The molecule has 3 N–H and O–H groups in total. The van der Waals surface area contributed by atoms with E-state index in [2.05, 4.69) is 10.2 Å². The number of nitrogens with two attached hydrogens (primary N) is 1. The highest BCUT2D eigenvalue weighted by Gasteiger charge is 2.21. The number of nitrogens with one attached hydrogen (secondary N) is 1. The summed E-state index contributed by atoms with van der Waals surface area (Å²) in [6.45, 7) is 2.83. The fourth-order valence-electron chi connectivity index (χ4n) is 2.49. The Kier molecular flexibility index (Phi) is 5.66. The Bertz CT molecular complexity index is 461. The third kappa shape index (κ3) is 4.09. The van der Waals surface area contributed by atoms with E-state index in [1.807, 2.05) is 0 Å². The summed E-state index contributed by atoms with van der Waals surface area (Å²) in [5, 5.41) is 3.68. The summed E-state index contributed by atoms with van der Waals surface area (Å²) in [7, 11) is 0. The van der Waals surface area contributed by atoms with Gasteiger partial charge in [-0.1, -0.05) is 29.3 Å². The van der Waals surface area contributed by atoms with Crippen LogP contribution in [0.4, 0.5) is 5.69 Å². The number of carbonyl (C=O) groups is 1. The molecule has 0 bridgehead atoms. The quantitative estimate of drug-likeness (QED) is 0.898. The number of hydrogen-bond acceptors (Lipinski definition) is 3. The van der Waals surface area contributed by atoms with Gasteiger partial charge in [-0.2, -0.15) is 0 Å². The number of hydrogen-bond donors (Lipinski definition) is 2. The van der Waals surface area contributed by atoms with Crippen molar-refractivity contribution in [3.05, 3.63) is 28.2 Å². The third-order valence-electron chi connectivity index (χ3n) is 3.53. The van der Waals surface area contributed by atoms with Gasteiger partial charge in [-0.25, -0.2) is 0 Å². The van der Waals surface area contributed by atoms with E-state index in [1.165, 1.54) is 0 Å². The largest absolute Gasteiger partial charge is 0.330 e. The Balaban J connectivity index is 1.92. The summed E-state index contributed by atoms with van der Waals surface area (Å²) in [6.07, 6.45) is 2.23. The van der Waals surface area contributed by atoms with Crippen molar-refractivity contribution >= 4 is 34.8 Å². The van der Waals surface area contributed by atoms with Crippen molar-refractivity contribution in [1.82, 2.24) is 4.90 Å². The molecule has 2 rings (SSSR count). The molecule has 110 valence electrons. The first-order chi connectivity index (χ1) is 9.60. The molecule has 1 heterocycles. The molecule has 0 aromatic heterocycles. The van der Waals surface area contributed by atoms with Crippen LogP contribution in [0, 0.1) is 5.92 Å². The average molecular weight is 316 g/mol. The molecule has 1 fully saturated rings. The minimum Gasteiger partial charge on any atom is -0.330 e. The first-order valence-corrected chi connectivity index (χ1v) is 7.52. The van der Waals surface area contributed by atoms with Crippen molar-refractivity contribution in [3.63, 3.8) is 0 Å². The van der Waals surface area contributed by atoms with E-state index in [0.29, 0.717) is 34.7 Å². The molecule has 1 atom stereocenters. The second kappa shape index (κ2) is 7.27. The molecular formula is C14H19Cl2N3O. The maximum absolute atomic E-state index is 12.1. The van der Waals surface area contributed by atoms with Crippen molar-refractivity contribution in [2.24, 2.45) is 11.7 Å². The zero-order chi connectivity index (χ0) is 14.5. The van der Waals surface area contributed by atoms with Gasteiger partial charge in [0.15, 0.2) is 0 Å². The molecule has 1 unspecified atom stereocenters. The highest BCUT2D eigenvalue weighted by atomic mass is 35.5. The van der Waals surface area contributed by atoms with Crippen LogP contribution in [0.15, 0.2) is 18.2 Å². The van der Waals surface area contributed by atoms with E-state index in [-0.39, 0.29) is 5.91 Å². The van der Waals surface area contributed by atoms with Gasteiger partial charge in [0.25, 0.3) is 0 Å². The van der Waals surface area contributed by atoms with E-state index >= 15 is 0 Å². The van der Waals surface area contributed by atoms with E-state index in [0.717, 1.165) is 25.9 Å². The number of para-hydroxylation sites is 1. The predicted molar refractivity (Wildman–Crippen MR) is 83.3 cm³/mol. The van der Waals surface area contributed by atoms with Crippen molar-refractivity contribution in [3.8, 4) is 0 Å². The van der Waals surface area contributed by atoms with E-state index in [4.69, 9.17) is 28.9 Å². The summed E-state index contributed by atoms with van der Waals surface area (Å²) >= 11 is 12.1. The normalized spacial score (nSPS) is 19.9. The molecule has 1 aliphatic heterocycles. The van der Waals surface area contributed by atoms with Gasteiger partial charge in [-0.05, 0) is 44.0 Å². The molecule has 20 heavy (non-hydrogen) atoms. The number of piperidine rings is 1. The van der Waals surface area contributed by atoms with Crippen molar-refractivity contribution < 1.29 is 4.79 Å². The Labute approximate surface area is 129 Å². The lowest BCUT2D eigenvalue weighted by Gasteiger charge is -2.31. The molecule has 1 aliphatic rings. The average Bonchev–Trinajstić information content (AvgIpc) is 2.43. The van der Waals surface area contributed by atoms with Gasteiger partial charge < -0.3 is 11.1 Å². The van der Waals surface area contributed by atoms with Gasteiger partial charge in [0.05, 0.1) is 22.3 Å². The Morgan fingerprint density at radius 1 is 1.40 bits per heavy atom. The Morgan fingerprint density at radius 3 is 2.75 bits per heavy atom. The fourth-order valence-corrected chi connectivity index (χ4v) is 2.98. The lowest BCUT2D eigenvalue weighted by atomic mass is 9.98. The third-order valence-corrected chi connectivity index (χ3v) is 4.16. The van der Waals surface area contributed by atoms with E-state index in [1.54, 1.807) is 18.2 Å². The van der Waals surface area contributed by atoms with Crippen LogP contribution in [-0.2, 0) is 4.79 Å². The van der Waals surface area contributed by atoms with Crippen LogP contribution in [0.2, 0.25) is 10.0 Å². The summed E-state index contributed by atoms with van der Waals surface area (Å²) in [5.41, 5.74) is 6.18. The smallest absolute Gasteiger partial charge is 0.238 e. The van der Waals surface area contributed by atoms with Crippen molar-refractivity contribution in [1.29, 1.82) is 0 Å². The highest BCUT2D eigenvalue weighted by molar-refractivity contribution is 6.39. The van der Waals surface area contributed by atoms with Crippen molar-refractivity contribution in [2.45, 2.75) is 12.8 Å². The minimum absolute atomic E-state index is 0.0994. The van der Waals surface area contributed by atoms with Crippen LogP contribution in [0.1, 0.15) is 12.8 Å².